The summed E-state index contributed by atoms with van der Waals surface area (Å²) >= 11 is 0. The maximum absolute atomic E-state index is 12.9. The van der Waals surface area contributed by atoms with E-state index in [1.54, 1.807) is 0 Å². The predicted molar refractivity (Wildman–Crippen MR) is 121 cm³/mol. The molecule has 5 rings (SSSR count). The van der Waals surface area contributed by atoms with E-state index in [2.05, 4.69) is 64.5 Å². The summed E-state index contributed by atoms with van der Waals surface area (Å²) in [6, 6.07) is 15.7. The SMILES string of the molecule is Cc1ccccc1CN1CCC(c2ccc3c(c2)CN(C2CCCNC2)C3=O)CC1. The molecule has 3 heterocycles. The van der Waals surface area contributed by atoms with Crippen molar-refractivity contribution in [2.45, 2.75) is 57.7 Å². The molecule has 2 aromatic rings. The van der Waals surface area contributed by atoms with Crippen molar-refractivity contribution in [1.29, 1.82) is 0 Å². The summed E-state index contributed by atoms with van der Waals surface area (Å²) in [4.78, 5) is 17.6. The van der Waals surface area contributed by atoms with E-state index in [-0.39, 0.29) is 5.91 Å². The third-order valence-corrected chi connectivity index (χ3v) is 7.39. The fourth-order valence-corrected chi connectivity index (χ4v) is 5.46. The van der Waals surface area contributed by atoms with Crippen LogP contribution in [0.4, 0.5) is 0 Å². The van der Waals surface area contributed by atoms with Crippen LogP contribution in [0.5, 0.6) is 0 Å². The highest BCUT2D eigenvalue weighted by atomic mass is 16.2. The second kappa shape index (κ2) is 8.52. The number of piperidine rings is 2. The lowest BCUT2D eigenvalue weighted by molar-refractivity contribution is 0.0674. The minimum absolute atomic E-state index is 0.235. The van der Waals surface area contributed by atoms with Crippen molar-refractivity contribution in [1.82, 2.24) is 15.1 Å². The molecule has 0 saturated carbocycles. The van der Waals surface area contributed by atoms with Gasteiger partial charge in [-0.3, -0.25) is 9.69 Å². The highest BCUT2D eigenvalue weighted by molar-refractivity contribution is 5.98. The van der Waals surface area contributed by atoms with Gasteiger partial charge in [0.1, 0.15) is 0 Å². The van der Waals surface area contributed by atoms with Crippen molar-refractivity contribution in [3.8, 4) is 0 Å². The van der Waals surface area contributed by atoms with Crippen LogP contribution < -0.4 is 5.32 Å². The molecule has 4 heteroatoms. The van der Waals surface area contributed by atoms with Gasteiger partial charge < -0.3 is 10.2 Å². The Balaban J connectivity index is 1.22. The zero-order valence-electron chi connectivity index (χ0n) is 18.1. The first-order valence-corrected chi connectivity index (χ1v) is 11.6. The van der Waals surface area contributed by atoms with Crippen LogP contribution in [0.3, 0.4) is 0 Å². The molecular weight excluding hydrogens is 370 g/mol. The maximum atomic E-state index is 12.9. The van der Waals surface area contributed by atoms with E-state index in [4.69, 9.17) is 0 Å². The largest absolute Gasteiger partial charge is 0.330 e. The summed E-state index contributed by atoms with van der Waals surface area (Å²) in [5, 5.41) is 3.45. The number of nitrogens with one attached hydrogen (secondary N) is 1. The molecular formula is C26H33N3O. The first-order chi connectivity index (χ1) is 14.7. The molecule has 30 heavy (non-hydrogen) atoms. The number of fused-ring (bicyclic) bond motifs is 1. The maximum Gasteiger partial charge on any atom is 0.254 e. The van der Waals surface area contributed by atoms with Crippen molar-refractivity contribution in [3.63, 3.8) is 0 Å². The molecule has 2 aromatic carbocycles. The molecule has 1 atom stereocenters. The standard InChI is InChI=1S/C26H33N3O/c1-19-5-2-3-6-22(19)17-28-13-10-20(11-14-28)21-8-9-25-23(15-21)18-29(26(25)30)24-7-4-12-27-16-24/h2-3,5-6,8-9,15,20,24,27H,4,7,10-14,16-18H2,1H3. The van der Waals surface area contributed by atoms with Crippen LogP contribution in [0.25, 0.3) is 0 Å². The molecule has 3 aliphatic rings. The molecule has 4 nitrogen and oxygen atoms in total. The third kappa shape index (κ3) is 3.91. The second-order valence-corrected chi connectivity index (χ2v) is 9.33. The number of carbonyl (C=O) groups excluding carboxylic acids is 1. The predicted octanol–water partition coefficient (Wildman–Crippen LogP) is 4.08. The lowest BCUT2D eigenvalue weighted by Crippen LogP contribution is -2.46. The van der Waals surface area contributed by atoms with Gasteiger partial charge in [-0.05, 0) is 86.5 Å². The molecule has 0 bridgehead atoms. The summed E-state index contributed by atoms with van der Waals surface area (Å²) in [5.41, 5.74) is 6.44. The Morgan fingerprint density at radius 1 is 1.07 bits per heavy atom. The number of aryl methyl sites for hydroxylation is 1. The molecule has 0 radical (unpaired) electrons. The number of carbonyl (C=O) groups is 1. The van der Waals surface area contributed by atoms with Crippen molar-refractivity contribution >= 4 is 5.91 Å². The van der Waals surface area contributed by atoms with Gasteiger partial charge in [0.25, 0.3) is 5.91 Å². The smallest absolute Gasteiger partial charge is 0.254 e. The molecule has 158 valence electrons. The zero-order valence-corrected chi connectivity index (χ0v) is 18.1. The van der Waals surface area contributed by atoms with Gasteiger partial charge in [0.05, 0.1) is 0 Å². The third-order valence-electron chi connectivity index (χ3n) is 7.39. The van der Waals surface area contributed by atoms with Gasteiger partial charge in [-0.25, -0.2) is 0 Å². The summed E-state index contributed by atoms with van der Waals surface area (Å²) < 4.78 is 0. The first-order valence-electron chi connectivity index (χ1n) is 11.6. The highest BCUT2D eigenvalue weighted by Crippen LogP contribution is 2.33. The number of hydrogen-bond acceptors (Lipinski definition) is 3. The molecule has 0 spiro atoms. The van der Waals surface area contributed by atoms with E-state index in [0.717, 1.165) is 57.7 Å². The van der Waals surface area contributed by atoms with Crippen LogP contribution in [0, 0.1) is 6.92 Å². The number of nitrogens with zero attached hydrogens (tertiary/aromatic N) is 2. The van der Waals surface area contributed by atoms with Crippen LogP contribution >= 0.6 is 0 Å². The molecule has 2 saturated heterocycles. The number of benzene rings is 2. The normalized spacial score (nSPS) is 23.0. The molecule has 3 aliphatic heterocycles. The number of rotatable bonds is 4. The number of amides is 1. The minimum Gasteiger partial charge on any atom is -0.330 e. The van der Waals surface area contributed by atoms with Crippen LogP contribution in [0.1, 0.15) is 64.2 Å². The van der Waals surface area contributed by atoms with E-state index in [9.17, 15) is 4.79 Å². The minimum atomic E-state index is 0.235. The van der Waals surface area contributed by atoms with Crippen LogP contribution in [0.15, 0.2) is 42.5 Å². The topological polar surface area (TPSA) is 35.6 Å². The Morgan fingerprint density at radius 2 is 1.90 bits per heavy atom. The molecule has 1 amide bonds. The van der Waals surface area contributed by atoms with Gasteiger partial charge in [0.15, 0.2) is 0 Å². The van der Waals surface area contributed by atoms with E-state index < -0.39 is 0 Å². The average molecular weight is 404 g/mol. The van der Waals surface area contributed by atoms with Crippen molar-refractivity contribution in [2.24, 2.45) is 0 Å². The van der Waals surface area contributed by atoms with Crippen LogP contribution in [-0.2, 0) is 13.1 Å². The second-order valence-electron chi connectivity index (χ2n) is 9.33. The van der Waals surface area contributed by atoms with Gasteiger partial charge in [0, 0.05) is 31.2 Å². The molecule has 1 N–H and O–H groups in total. The molecule has 1 unspecified atom stereocenters. The summed E-state index contributed by atoms with van der Waals surface area (Å²) in [6.07, 6.45) is 4.69. The fraction of sp³-hybridized carbons (Fsp3) is 0.500. The van der Waals surface area contributed by atoms with Crippen molar-refractivity contribution in [2.75, 3.05) is 26.2 Å². The van der Waals surface area contributed by atoms with Gasteiger partial charge in [-0.1, -0.05) is 36.4 Å². The first kappa shape index (κ1) is 19.8. The summed E-state index contributed by atoms with van der Waals surface area (Å²) in [5.74, 6) is 0.849. The Bertz CT molecular complexity index is 910. The van der Waals surface area contributed by atoms with Gasteiger partial charge in [-0.15, -0.1) is 0 Å². The van der Waals surface area contributed by atoms with E-state index in [1.165, 1.54) is 35.1 Å². The zero-order chi connectivity index (χ0) is 20.5. The monoisotopic (exact) mass is 403 g/mol. The summed E-state index contributed by atoms with van der Waals surface area (Å²) in [7, 11) is 0. The Morgan fingerprint density at radius 3 is 2.67 bits per heavy atom. The molecule has 0 aromatic heterocycles. The van der Waals surface area contributed by atoms with Gasteiger partial charge in [0.2, 0.25) is 0 Å². The average Bonchev–Trinajstić information content (AvgIpc) is 3.12. The molecule has 2 fully saturated rings. The highest BCUT2D eigenvalue weighted by Gasteiger charge is 2.34. The van der Waals surface area contributed by atoms with Crippen LogP contribution in [0.2, 0.25) is 0 Å². The van der Waals surface area contributed by atoms with E-state index in [0.29, 0.717) is 12.0 Å². The van der Waals surface area contributed by atoms with E-state index >= 15 is 0 Å². The molecule has 0 aliphatic carbocycles. The Hall–Kier alpha value is -2.17. The van der Waals surface area contributed by atoms with E-state index in [1.807, 2.05) is 0 Å². The van der Waals surface area contributed by atoms with Crippen LogP contribution in [-0.4, -0.2) is 47.9 Å². The van der Waals surface area contributed by atoms with Gasteiger partial charge in [-0.2, -0.15) is 0 Å². The Kier molecular flexibility index (Phi) is 5.62. The quantitative estimate of drug-likeness (QED) is 0.835. The fourth-order valence-electron chi connectivity index (χ4n) is 5.46. The Labute approximate surface area is 180 Å². The lowest BCUT2D eigenvalue weighted by Gasteiger charge is -2.32. The number of likely N-dealkylation sites (tertiary alicyclic amines) is 1. The summed E-state index contributed by atoms with van der Waals surface area (Å²) in [6.45, 7) is 8.37. The van der Waals surface area contributed by atoms with Crippen molar-refractivity contribution < 1.29 is 4.79 Å². The number of hydrogen-bond donors (Lipinski definition) is 1. The van der Waals surface area contributed by atoms with Gasteiger partial charge >= 0.3 is 0 Å². The lowest BCUT2D eigenvalue weighted by atomic mass is 9.87. The van der Waals surface area contributed by atoms with Crippen molar-refractivity contribution in [3.05, 3.63) is 70.3 Å².